The minimum Gasteiger partial charge on any atom is -0.490 e. The molecule has 0 fully saturated rings. The lowest BCUT2D eigenvalue weighted by Crippen LogP contribution is -2.38. The first-order chi connectivity index (χ1) is 9.35. The van der Waals surface area contributed by atoms with Crippen LogP contribution in [-0.4, -0.2) is 27.1 Å². The maximum atomic E-state index is 5.91. The molecule has 2 aromatic heterocycles. The number of ether oxygens (including phenoxy) is 1. The zero-order valence-electron chi connectivity index (χ0n) is 12.3. The maximum absolute atomic E-state index is 5.91. The van der Waals surface area contributed by atoms with E-state index in [9.17, 15) is 0 Å². The summed E-state index contributed by atoms with van der Waals surface area (Å²) in [6.45, 7) is 8.07. The summed E-state index contributed by atoms with van der Waals surface area (Å²) >= 11 is 0. The van der Waals surface area contributed by atoms with Crippen molar-refractivity contribution < 1.29 is 4.74 Å². The predicted octanol–water partition coefficient (Wildman–Crippen LogP) is 2.27. The second-order valence-electron chi connectivity index (χ2n) is 5.55. The summed E-state index contributed by atoms with van der Waals surface area (Å²) in [6, 6.07) is 5.65. The van der Waals surface area contributed by atoms with Crippen molar-refractivity contribution in [3.63, 3.8) is 0 Å². The van der Waals surface area contributed by atoms with Gasteiger partial charge in [0.2, 0.25) is 0 Å². The van der Waals surface area contributed by atoms with Crippen LogP contribution in [0.4, 0.5) is 0 Å². The molecule has 0 saturated heterocycles. The molecule has 106 valence electrons. The first-order valence-electron chi connectivity index (χ1n) is 6.54. The average Bonchev–Trinajstić information content (AvgIpc) is 2.36. The third kappa shape index (κ3) is 3.74. The molecule has 0 aliphatic carbocycles. The number of nitrogens with two attached hydrogens (primary N) is 1. The van der Waals surface area contributed by atoms with Gasteiger partial charge in [0.05, 0.1) is 17.1 Å². The summed E-state index contributed by atoms with van der Waals surface area (Å²) < 4.78 is 5.70. The van der Waals surface area contributed by atoms with Crippen LogP contribution in [0.1, 0.15) is 25.4 Å². The molecule has 0 aliphatic rings. The number of aromatic nitrogens is 3. The number of hydrogen-bond acceptors (Lipinski definition) is 5. The molecular formula is C15H20N4O. The fourth-order valence-corrected chi connectivity index (χ4v) is 1.71. The van der Waals surface area contributed by atoms with Crippen LogP contribution in [0.25, 0.3) is 11.4 Å². The maximum Gasteiger partial charge on any atom is 0.140 e. The van der Waals surface area contributed by atoms with E-state index >= 15 is 0 Å². The van der Waals surface area contributed by atoms with E-state index in [0.29, 0.717) is 6.61 Å². The van der Waals surface area contributed by atoms with Gasteiger partial charge in [-0.3, -0.25) is 0 Å². The minimum absolute atomic E-state index is 0.366. The van der Waals surface area contributed by atoms with Crippen molar-refractivity contribution in [2.45, 2.75) is 33.2 Å². The van der Waals surface area contributed by atoms with E-state index in [1.807, 2.05) is 45.9 Å². The van der Waals surface area contributed by atoms with E-state index in [1.54, 1.807) is 6.20 Å². The molecule has 0 saturated carbocycles. The summed E-state index contributed by atoms with van der Waals surface area (Å²) in [7, 11) is 0. The quantitative estimate of drug-likeness (QED) is 0.924. The van der Waals surface area contributed by atoms with Crippen LogP contribution in [-0.2, 0) is 0 Å². The Kier molecular flexibility index (Phi) is 3.99. The molecule has 0 aliphatic heterocycles. The van der Waals surface area contributed by atoms with Crippen LogP contribution < -0.4 is 10.5 Å². The Morgan fingerprint density at radius 3 is 2.40 bits per heavy atom. The van der Waals surface area contributed by atoms with E-state index in [2.05, 4.69) is 15.0 Å². The fourth-order valence-electron chi connectivity index (χ4n) is 1.71. The smallest absolute Gasteiger partial charge is 0.140 e. The molecule has 5 heteroatoms. The summed E-state index contributed by atoms with van der Waals surface area (Å²) in [6.07, 6.45) is 1.73. The van der Waals surface area contributed by atoms with E-state index < -0.39 is 0 Å². The molecule has 20 heavy (non-hydrogen) atoms. The molecule has 0 aromatic carbocycles. The average molecular weight is 272 g/mol. The molecule has 0 atom stereocenters. The van der Waals surface area contributed by atoms with E-state index in [4.69, 9.17) is 10.5 Å². The Hall–Kier alpha value is -2.01. The van der Waals surface area contributed by atoms with Crippen molar-refractivity contribution in [1.82, 2.24) is 15.0 Å². The lowest BCUT2D eigenvalue weighted by atomic mass is 10.1. The first kappa shape index (κ1) is 14.4. The van der Waals surface area contributed by atoms with Crippen LogP contribution in [0.2, 0.25) is 0 Å². The van der Waals surface area contributed by atoms with Gasteiger partial charge in [0, 0.05) is 11.7 Å². The molecule has 2 N–H and O–H groups in total. The van der Waals surface area contributed by atoms with Crippen molar-refractivity contribution in [3.05, 3.63) is 35.9 Å². The van der Waals surface area contributed by atoms with Crippen molar-refractivity contribution in [3.8, 4) is 17.1 Å². The topological polar surface area (TPSA) is 73.9 Å². The Bertz CT molecular complexity index is 605. The lowest BCUT2D eigenvalue weighted by molar-refractivity contribution is 0.241. The fraction of sp³-hybridized carbons (Fsp3) is 0.400. The number of hydrogen-bond donors (Lipinski definition) is 1. The highest BCUT2D eigenvalue weighted by Crippen LogP contribution is 2.22. The van der Waals surface area contributed by atoms with Gasteiger partial charge in [0.1, 0.15) is 18.2 Å². The zero-order chi connectivity index (χ0) is 14.8. The Balaban J connectivity index is 2.22. The SMILES string of the molecule is Cc1nccc(-c2ccc(OCC(C)(C)N)c(C)n2)n1. The predicted molar refractivity (Wildman–Crippen MR) is 78.5 cm³/mol. The second kappa shape index (κ2) is 5.54. The van der Waals surface area contributed by atoms with Crippen LogP contribution in [0.3, 0.4) is 0 Å². The Labute approximate surface area is 119 Å². The molecule has 2 rings (SSSR count). The number of pyridine rings is 1. The number of nitrogens with zero attached hydrogens (tertiary/aromatic N) is 3. The molecule has 0 spiro atoms. The van der Waals surface area contributed by atoms with Gasteiger partial charge in [-0.25, -0.2) is 15.0 Å². The lowest BCUT2D eigenvalue weighted by Gasteiger charge is -2.19. The molecule has 2 aromatic rings. The van der Waals surface area contributed by atoms with Gasteiger partial charge in [-0.2, -0.15) is 0 Å². The van der Waals surface area contributed by atoms with Gasteiger partial charge in [-0.1, -0.05) is 0 Å². The summed E-state index contributed by atoms with van der Waals surface area (Å²) in [5.41, 5.74) is 7.99. The van der Waals surface area contributed by atoms with Crippen molar-refractivity contribution >= 4 is 0 Å². The van der Waals surface area contributed by atoms with Gasteiger partial charge in [0.15, 0.2) is 0 Å². The van der Waals surface area contributed by atoms with Gasteiger partial charge < -0.3 is 10.5 Å². The molecule has 0 amide bonds. The van der Waals surface area contributed by atoms with Gasteiger partial charge in [-0.15, -0.1) is 0 Å². The highest BCUT2D eigenvalue weighted by atomic mass is 16.5. The summed E-state index contributed by atoms with van der Waals surface area (Å²) in [4.78, 5) is 13.0. The molecule has 0 bridgehead atoms. The van der Waals surface area contributed by atoms with Crippen molar-refractivity contribution in [2.24, 2.45) is 5.73 Å². The standard InChI is InChI=1S/C15H20N4O/c1-10-14(20-9-15(3,4)16)6-5-12(18-10)13-7-8-17-11(2)19-13/h5-8H,9,16H2,1-4H3. The third-order valence-corrected chi connectivity index (χ3v) is 2.68. The van der Waals surface area contributed by atoms with Crippen molar-refractivity contribution in [2.75, 3.05) is 6.61 Å². The third-order valence-electron chi connectivity index (χ3n) is 2.68. The first-order valence-corrected chi connectivity index (χ1v) is 6.54. The zero-order valence-corrected chi connectivity index (χ0v) is 12.3. The summed E-state index contributed by atoms with van der Waals surface area (Å²) in [5.74, 6) is 1.48. The van der Waals surface area contributed by atoms with E-state index in [0.717, 1.165) is 28.7 Å². The van der Waals surface area contributed by atoms with Gasteiger partial charge in [0.25, 0.3) is 0 Å². The van der Waals surface area contributed by atoms with Gasteiger partial charge in [-0.05, 0) is 45.9 Å². The van der Waals surface area contributed by atoms with E-state index in [-0.39, 0.29) is 5.54 Å². The largest absolute Gasteiger partial charge is 0.490 e. The second-order valence-corrected chi connectivity index (χ2v) is 5.55. The van der Waals surface area contributed by atoms with E-state index in [1.165, 1.54) is 0 Å². The monoisotopic (exact) mass is 272 g/mol. The molecule has 5 nitrogen and oxygen atoms in total. The van der Waals surface area contributed by atoms with Crippen LogP contribution in [0, 0.1) is 13.8 Å². The summed E-state index contributed by atoms with van der Waals surface area (Å²) in [5, 5.41) is 0. The Morgan fingerprint density at radius 2 is 1.80 bits per heavy atom. The minimum atomic E-state index is -0.366. The van der Waals surface area contributed by atoms with Crippen LogP contribution in [0.5, 0.6) is 5.75 Å². The Morgan fingerprint density at radius 1 is 1.10 bits per heavy atom. The molecule has 0 unspecified atom stereocenters. The molecular weight excluding hydrogens is 252 g/mol. The number of rotatable bonds is 4. The molecule has 2 heterocycles. The number of aryl methyl sites for hydroxylation is 2. The van der Waals surface area contributed by atoms with Crippen LogP contribution in [0.15, 0.2) is 24.4 Å². The highest BCUT2D eigenvalue weighted by Gasteiger charge is 2.13. The van der Waals surface area contributed by atoms with Gasteiger partial charge >= 0.3 is 0 Å². The highest BCUT2D eigenvalue weighted by molar-refractivity contribution is 5.55. The normalized spacial score (nSPS) is 11.4. The van der Waals surface area contributed by atoms with Crippen LogP contribution >= 0.6 is 0 Å². The molecule has 0 radical (unpaired) electrons. The van der Waals surface area contributed by atoms with Crippen molar-refractivity contribution in [1.29, 1.82) is 0 Å².